The molecule has 0 radical (unpaired) electrons. The molecule has 3 nitrogen and oxygen atoms in total. The second-order valence-corrected chi connectivity index (χ2v) is 6.46. The lowest BCUT2D eigenvalue weighted by Gasteiger charge is -2.31. The number of halogens is 2. The third kappa shape index (κ3) is 3.14. The Kier molecular flexibility index (Phi) is 4.43. The average Bonchev–Trinajstić information content (AvgIpc) is 3.31. The van der Waals surface area contributed by atoms with E-state index in [1.807, 2.05) is 0 Å². The molecule has 22 heavy (non-hydrogen) atoms. The Morgan fingerprint density at radius 1 is 1.23 bits per heavy atom. The van der Waals surface area contributed by atoms with Crippen LogP contribution in [0, 0.1) is 23.5 Å². The maximum atomic E-state index is 13.3. The van der Waals surface area contributed by atoms with Crippen molar-refractivity contribution in [1.82, 2.24) is 5.32 Å². The molecular formula is C17H21F2NO2. The molecule has 0 saturated heterocycles. The van der Waals surface area contributed by atoms with Gasteiger partial charge in [-0.15, -0.1) is 0 Å². The molecule has 0 aromatic heterocycles. The molecule has 0 aliphatic heterocycles. The summed E-state index contributed by atoms with van der Waals surface area (Å²) < 4.78 is 26.2. The van der Waals surface area contributed by atoms with Gasteiger partial charge in [-0.05, 0) is 42.9 Å². The van der Waals surface area contributed by atoms with Crippen molar-refractivity contribution in [3.05, 3.63) is 35.4 Å². The van der Waals surface area contributed by atoms with Crippen LogP contribution in [0.5, 0.6) is 0 Å². The predicted molar refractivity (Wildman–Crippen MR) is 78.2 cm³/mol. The molecule has 0 spiro atoms. The van der Waals surface area contributed by atoms with Gasteiger partial charge < -0.3 is 10.4 Å². The second kappa shape index (κ2) is 6.32. The van der Waals surface area contributed by atoms with Crippen LogP contribution in [0.25, 0.3) is 0 Å². The number of nitrogens with one attached hydrogen (secondary N) is 1. The van der Waals surface area contributed by atoms with Gasteiger partial charge in [0, 0.05) is 24.5 Å². The summed E-state index contributed by atoms with van der Waals surface area (Å²) in [6, 6.07) is 3.89. The minimum absolute atomic E-state index is 0.0220. The van der Waals surface area contributed by atoms with Crippen molar-refractivity contribution < 1.29 is 18.7 Å². The molecule has 2 saturated carbocycles. The van der Waals surface area contributed by atoms with E-state index in [0.29, 0.717) is 12.0 Å². The van der Waals surface area contributed by atoms with Crippen molar-refractivity contribution in [2.45, 2.75) is 44.1 Å². The van der Waals surface area contributed by atoms with Gasteiger partial charge in [0.05, 0.1) is 0 Å². The number of carbonyl (C=O) groups excluding carboxylic acids is 1. The van der Waals surface area contributed by atoms with E-state index in [1.165, 1.54) is 6.07 Å². The van der Waals surface area contributed by atoms with Gasteiger partial charge in [-0.1, -0.05) is 18.9 Å². The van der Waals surface area contributed by atoms with Crippen molar-refractivity contribution in [3.8, 4) is 0 Å². The fraction of sp³-hybridized carbons (Fsp3) is 0.588. The molecule has 4 unspecified atom stereocenters. The van der Waals surface area contributed by atoms with Crippen LogP contribution < -0.4 is 5.32 Å². The van der Waals surface area contributed by atoms with Gasteiger partial charge in [-0.3, -0.25) is 4.79 Å². The zero-order valence-electron chi connectivity index (χ0n) is 12.4. The fourth-order valence-electron chi connectivity index (χ4n) is 3.50. The Balaban J connectivity index is 1.59. The van der Waals surface area contributed by atoms with Crippen LogP contribution in [-0.2, 0) is 4.79 Å². The van der Waals surface area contributed by atoms with Crippen molar-refractivity contribution in [1.29, 1.82) is 0 Å². The summed E-state index contributed by atoms with van der Waals surface area (Å²) in [6.07, 6.45) is 4.68. The molecule has 5 heteroatoms. The molecule has 3 rings (SSSR count). The van der Waals surface area contributed by atoms with Crippen molar-refractivity contribution in [2.75, 3.05) is 6.61 Å². The summed E-state index contributed by atoms with van der Waals surface area (Å²) in [5.74, 6) is -1.80. The fourth-order valence-corrected chi connectivity index (χ4v) is 3.50. The number of benzene rings is 1. The maximum absolute atomic E-state index is 13.3. The van der Waals surface area contributed by atoms with Crippen molar-refractivity contribution in [2.24, 2.45) is 11.8 Å². The lowest BCUT2D eigenvalue weighted by Crippen LogP contribution is -2.44. The van der Waals surface area contributed by atoms with Gasteiger partial charge in [0.25, 0.3) is 0 Å². The molecule has 0 bridgehead atoms. The number of rotatable bonds is 4. The van der Waals surface area contributed by atoms with E-state index in [4.69, 9.17) is 0 Å². The minimum atomic E-state index is -0.865. The van der Waals surface area contributed by atoms with Crippen LogP contribution in [0.3, 0.4) is 0 Å². The van der Waals surface area contributed by atoms with Gasteiger partial charge in [0.2, 0.25) is 5.91 Å². The Labute approximate surface area is 128 Å². The minimum Gasteiger partial charge on any atom is -0.396 e. The molecule has 2 N–H and O–H groups in total. The summed E-state index contributed by atoms with van der Waals surface area (Å²) in [5.41, 5.74) is 0.682. The molecule has 1 aromatic carbocycles. The van der Waals surface area contributed by atoms with Gasteiger partial charge >= 0.3 is 0 Å². The van der Waals surface area contributed by atoms with Crippen LogP contribution in [0.4, 0.5) is 8.78 Å². The van der Waals surface area contributed by atoms with Crippen LogP contribution in [0.1, 0.15) is 43.6 Å². The molecule has 120 valence electrons. The van der Waals surface area contributed by atoms with Crippen LogP contribution in [-0.4, -0.2) is 23.7 Å². The predicted octanol–water partition coefficient (Wildman–Crippen LogP) is 2.74. The zero-order chi connectivity index (χ0) is 15.7. The van der Waals surface area contributed by atoms with E-state index in [1.54, 1.807) is 6.07 Å². The Hall–Kier alpha value is -1.49. The highest BCUT2D eigenvalue weighted by atomic mass is 19.2. The quantitative estimate of drug-likeness (QED) is 0.898. The second-order valence-electron chi connectivity index (χ2n) is 6.46. The maximum Gasteiger partial charge on any atom is 0.223 e. The highest BCUT2D eigenvalue weighted by Crippen LogP contribution is 2.48. The smallest absolute Gasteiger partial charge is 0.223 e. The third-order valence-electron chi connectivity index (χ3n) is 4.97. The Morgan fingerprint density at radius 3 is 2.73 bits per heavy atom. The lowest BCUT2D eigenvalue weighted by molar-refractivity contribution is -0.123. The molecule has 2 aliphatic carbocycles. The molecule has 1 aromatic rings. The Bertz CT molecular complexity index is 564. The first-order valence-corrected chi connectivity index (χ1v) is 7.96. The molecule has 1 amide bonds. The number of hydrogen-bond donors (Lipinski definition) is 2. The average molecular weight is 309 g/mol. The van der Waals surface area contributed by atoms with Crippen molar-refractivity contribution >= 4 is 5.91 Å². The zero-order valence-corrected chi connectivity index (χ0v) is 12.4. The first-order valence-electron chi connectivity index (χ1n) is 7.96. The Morgan fingerprint density at radius 2 is 2.00 bits per heavy atom. The van der Waals surface area contributed by atoms with E-state index >= 15 is 0 Å². The van der Waals surface area contributed by atoms with E-state index in [-0.39, 0.29) is 36.3 Å². The summed E-state index contributed by atoms with van der Waals surface area (Å²) in [6.45, 7) is 0.0994. The first kappa shape index (κ1) is 15.4. The third-order valence-corrected chi connectivity index (χ3v) is 4.97. The van der Waals surface area contributed by atoms with Gasteiger partial charge in [-0.25, -0.2) is 8.78 Å². The normalized spacial score (nSPS) is 30.9. The highest BCUT2D eigenvalue weighted by Gasteiger charge is 2.45. The largest absolute Gasteiger partial charge is 0.396 e. The van der Waals surface area contributed by atoms with Gasteiger partial charge in [0.15, 0.2) is 11.6 Å². The topological polar surface area (TPSA) is 49.3 Å². The molecule has 2 aliphatic rings. The highest BCUT2D eigenvalue weighted by molar-refractivity contribution is 5.83. The molecule has 0 heterocycles. The number of amides is 1. The lowest BCUT2D eigenvalue weighted by atomic mass is 9.85. The number of carbonyl (C=O) groups is 1. The monoisotopic (exact) mass is 309 g/mol. The van der Waals surface area contributed by atoms with E-state index in [0.717, 1.165) is 31.7 Å². The van der Waals surface area contributed by atoms with E-state index in [2.05, 4.69) is 5.32 Å². The van der Waals surface area contributed by atoms with Gasteiger partial charge in [0.1, 0.15) is 0 Å². The number of hydrogen-bond acceptors (Lipinski definition) is 2. The first-order chi connectivity index (χ1) is 10.6. The summed E-state index contributed by atoms with van der Waals surface area (Å²) in [7, 11) is 0. The molecule has 4 atom stereocenters. The van der Waals surface area contributed by atoms with Crippen molar-refractivity contribution in [3.63, 3.8) is 0 Å². The number of aliphatic hydroxyl groups is 1. The van der Waals surface area contributed by atoms with E-state index in [9.17, 15) is 18.7 Å². The summed E-state index contributed by atoms with van der Waals surface area (Å²) >= 11 is 0. The van der Waals surface area contributed by atoms with Crippen LogP contribution in [0.2, 0.25) is 0 Å². The van der Waals surface area contributed by atoms with Crippen LogP contribution >= 0.6 is 0 Å². The molecular weight excluding hydrogens is 288 g/mol. The SMILES string of the molecule is O=C(NC1CCCCC1CO)C1CC1c1ccc(F)c(F)c1. The molecule has 2 fully saturated rings. The van der Waals surface area contributed by atoms with Gasteiger partial charge in [-0.2, -0.15) is 0 Å². The standard InChI is InChI=1S/C17H21F2NO2/c18-14-6-5-10(7-15(14)19)12-8-13(12)17(22)20-16-4-2-1-3-11(16)9-21/h5-7,11-13,16,21H,1-4,8-9H2,(H,20,22). The summed E-state index contributed by atoms with van der Waals surface area (Å²) in [5, 5.41) is 12.4. The van der Waals surface area contributed by atoms with E-state index < -0.39 is 11.6 Å². The van der Waals surface area contributed by atoms with Crippen LogP contribution in [0.15, 0.2) is 18.2 Å². The number of aliphatic hydroxyl groups excluding tert-OH is 1. The summed E-state index contributed by atoms with van der Waals surface area (Å²) in [4.78, 5) is 12.3.